The normalized spacial score (nSPS) is 16.3. The predicted octanol–water partition coefficient (Wildman–Crippen LogP) is 7.26. The van der Waals surface area contributed by atoms with E-state index >= 15 is 0 Å². The van der Waals surface area contributed by atoms with E-state index in [4.69, 9.17) is 4.42 Å². The van der Waals surface area contributed by atoms with Crippen LogP contribution in [0.25, 0.3) is 0 Å². The molecule has 1 amide bonds. The number of carbonyl (C=O) groups excluding carboxylic acids is 1. The summed E-state index contributed by atoms with van der Waals surface area (Å²) < 4.78 is 7.00. The van der Waals surface area contributed by atoms with Gasteiger partial charge in [0.1, 0.15) is 5.76 Å². The lowest BCUT2D eigenvalue weighted by molar-refractivity contribution is 0.0925. The van der Waals surface area contributed by atoms with Crippen molar-refractivity contribution in [3.8, 4) is 0 Å². The number of hydrogen-bond acceptors (Lipinski definition) is 2. The molecule has 0 aliphatic heterocycles. The second-order valence-electron chi connectivity index (χ2n) is 10.7. The van der Waals surface area contributed by atoms with Crippen LogP contribution < -0.4 is 5.32 Å². The minimum absolute atomic E-state index is 0.164. The lowest BCUT2D eigenvalue weighted by atomic mass is 9.62. The van der Waals surface area contributed by atoms with Crippen molar-refractivity contribution >= 4 is 21.8 Å². The van der Waals surface area contributed by atoms with Crippen LogP contribution in [0.3, 0.4) is 0 Å². The average Bonchev–Trinajstić information content (AvgIpc) is 3.23. The van der Waals surface area contributed by atoms with Crippen LogP contribution in [0.4, 0.5) is 0 Å². The zero-order valence-corrected chi connectivity index (χ0v) is 21.9. The fourth-order valence-corrected chi connectivity index (χ4v) is 5.06. The molecule has 3 nitrogen and oxygen atoms in total. The molecular weight excluding hydrogens is 474 g/mol. The third-order valence-corrected chi connectivity index (χ3v) is 7.70. The van der Waals surface area contributed by atoms with Gasteiger partial charge in [0.05, 0.1) is 0 Å². The van der Waals surface area contributed by atoms with E-state index in [1.165, 1.54) is 40.7 Å². The molecule has 0 saturated heterocycles. The Morgan fingerprint density at radius 1 is 0.970 bits per heavy atom. The Bertz CT molecular complexity index is 1150. The molecule has 3 aromatic rings. The Hall–Kier alpha value is -2.33. The SMILES string of the molecule is Cc1cc2c(cc1Cc1ccc(C(=O)NCCc3ccc(Br)cc3)o1)C(C)(C)CCC2(C)C. The van der Waals surface area contributed by atoms with Gasteiger partial charge < -0.3 is 9.73 Å². The van der Waals surface area contributed by atoms with E-state index in [2.05, 4.69) is 80.1 Å². The minimum Gasteiger partial charge on any atom is -0.456 e. The highest BCUT2D eigenvalue weighted by atomic mass is 79.9. The molecule has 0 saturated carbocycles. The highest BCUT2D eigenvalue weighted by molar-refractivity contribution is 9.10. The first-order valence-corrected chi connectivity index (χ1v) is 12.6. The number of carbonyl (C=O) groups is 1. The van der Waals surface area contributed by atoms with Gasteiger partial charge in [0, 0.05) is 17.4 Å². The first-order valence-electron chi connectivity index (χ1n) is 11.8. The van der Waals surface area contributed by atoms with Gasteiger partial charge in [0.25, 0.3) is 5.91 Å². The fourth-order valence-electron chi connectivity index (χ4n) is 4.80. The van der Waals surface area contributed by atoms with E-state index in [9.17, 15) is 4.79 Å². The summed E-state index contributed by atoms with van der Waals surface area (Å²) >= 11 is 3.44. The van der Waals surface area contributed by atoms with Gasteiger partial charge in [0.2, 0.25) is 0 Å². The summed E-state index contributed by atoms with van der Waals surface area (Å²) in [4.78, 5) is 12.6. The van der Waals surface area contributed by atoms with Crippen molar-refractivity contribution in [2.24, 2.45) is 0 Å². The van der Waals surface area contributed by atoms with Gasteiger partial charge in [-0.25, -0.2) is 0 Å². The highest BCUT2D eigenvalue weighted by Gasteiger charge is 2.37. The van der Waals surface area contributed by atoms with E-state index in [0.29, 0.717) is 18.7 Å². The number of amides is 1. The minimum atomic E-state index is -0.164. The lowest BCUT2D eigenvalue weighted by Gasteiger charge is -2.42. The van der Waals surface area contributed by atoms with Crippen LogP contribution in [0.1, 0.15) is 84.7 Å². The molecule has 0 radical (unpaired) electrons. The Morgan fingerprint density at radius 2 is 1.61 bits per heavy atom. The Kier molecular flexibility index (Phi) is 6.59. The zero-order chi connectivity index (χ0) is 23.8. The lowest BCUT2D eigenvalue weighted by Crippen LogP contribution is -2.34. The molecule has 0 unspecified atom stereocenters. The van der Waals surface area contributed by atoms with Crippen molar-refractivity contribution < 1.29 is 9.21 Å². The number of benzene rings is 2. The molecule has 1 aromatic heterocycles. The van der Waals surface area contributed by atoms with Crippen LogP contribution in [0.15, 0.2) is 57.4 Å². The standard InChI is InChI=1S/C29H34BrNO2/c1-19-16-24-25(29(4,5)14-13-28(24,2)3)18-21(19)17-23-10-11-26(33-23)27(32)31-15-12-20-6-8-22(30)9-7-20/h6-11,16,18H,12-15,17H2,1-5H3,(H,31,32). The second-order valence-corrected chi connectivity index (χ2v) is 11.6. The summed E-state index contributed by atoms with van der Waals surface area (Å²) in [5, 5.41) is 2.97. The fraction of sp³-hybridized carbons (Fsp3) is 0.414. The third kappa shape index (κ3) is 5.27. The summed E-state index contributed by atoms with van der Waals surface area (Å²) in [5.74, 6) is 1.03. The van der Waals surface area contributed by atoms with Gasteiger partial charge in [-0.1, -0.05) is 67.9 Å². The quantitative estimate of drug-likeness (QED) is 0.381. The molecule has 1 aliphatic rings. The predicted molar refractivity (Wildman–Crippen MR) is 138 cm³/mol. The second kappa shape index (κ2) is 9.13. The van der Waals surface area contributed by atoms with Crippen LogP contribution in [0, 0.1) is 6.92 Å². The van der Waals surface area contributed by atoms with Crippen molar-refractivity contribution in [1.82, 2.24) is 5.32 Å². The number of hydrogen-bond donors (Lipinski definition) is 1. The van der Waals surface area contributed by atoms with Crippen molar-refractivity contribution in [1.29, 1.82) is 0 Å². The first kappa shape index (κ1) is 23.8. The van der Waals surface area contributed by atoms with Crippen LogP contribution in [0.5, 0.6) is 0 Å². The van der Waals surface area contributed by atoms with Crippen LogP contribution in [-0.2, 0) is 23.7 Å². The van der Waals surface area contributed by atoms with Crippen molar-refractivity contribution in [2.75, 3.05) is 6.54 Å². The van der Waals surface area contributed by atoms with Gasteiger partial charge >= 0.3 is 0 Å². The zero-order valence-electron chi connectivity index (χ0n) is 20.3. The van der Waals surface area contributed by atoms with Gasteiger partial charge in [-0.3, -0.25) is 4.79 Å². The molecule has 0 fully saturated rings. The van der Waals surface area contributed by atoms with E-state index in [1.54, 1.807) is 6.07 Å². The third-order valence-electron chi connectivity index (χ3n) is 7.17. The average molecular weight is 509 g/mol. The molecule has 4 rings (SSSR count). The van der Waals surface area contributed by atoms with Crippen molar-refractivity contribution in [3.05, 3.63) is 92.3 Å². The molecule has 0 spiro atoms. The van der Waals surface area contributed by atoms with Crippen LogP contribution in [0.2, 0.25) is 0 Å². The number of halogens is 1. The van der Waals surface area contributed by atoms with E-state index < -0.39 is 0 Å². The Balaban J connectivity index is 1.44. The van der Waals surface area contributed by atoms with Gasteiger partial charge in [-0.15, -0.1) is 0 Å². The maximum absolute atomic E-state index is 12.6. The van der Waals surface area contributed by atoms with Gasteiger partial charge in [-0.05, 0) is 89.1 Å². The van der Waals surface area contributed by atoms with Crippen molar-refractivity contribution in [3.63, 3.8) is 0 Å². The van der Waals surface area contributed by atoms with Crippen LogP contribution in [-0.4, -0.2) is 12.5 Å². The van der Waals surface area contributed by atoms with Gasteiger partial charge in [-0.2, -0.15) is 0 Å². The molecular formula is C29H34BrNO2. The number of fused-ring (bicyclic) bond motifs is 1. The van der Waals surface area contributed by atoms with E-state index in [0.717, 1.165) is 16.7 Å². The molecule has 0 atom stereocenters. The van der Waals surface area contributed by atoms with Gasteiger partial charge in [0.15, 0.2) is 5.76 Å². The summed E-state index contributed by atoms with van der Waals surface area (Å²) in [6.07, 6.45) is 3.89. The summed E-state index contributed by atoms with van der Waals surface area (Å²) in [6, 6.07) is 16.6. The largest absolute Gasteiger partial charge is 0.456 e. The van der Waals surface area contributed by atoms with Crippen molar-refractivity contribution in [2.45, 2.75) is 71.1 Å². The maximum Gasteiger partial charge on any atom is 0.287 e. The molecule has 174 valence electrons. The molecule has 2 aromatic carbocycles. The molecule has 0 bridgehead atoms. The van der Waals surface area contributed by atoms with Crippen LogP contribution >= 0.6 is 15.9 Å². The monoisotopic (exact) mass is 507 g/mol. The molecule has 4 heteroatoms. The smallest absolute Gasteiger partial charge is 0.287 e. The Morgan fingerprint density at radius 3 is 2.27 bits per heavy atom. The summed E-state index contributed by atoms with van der Waals surface area (Å²) in [5.41, 5.74) is 7.07. The molecule has 1 heterocycles. The number of aryl methyl sites for hydroxylation is 1. The molecule has 33 heavy (non-hydrogen) atoms. The highest BCUT2D eigenvalue weighted by Crippen LogP contribution is 2.46. The van der Waals surface area contributed by atoms with E-state index in [-0.39, 0.29) is 16.7 Å². The summed E-state index contributed by atoms with van der Waals surface area (Å²) in [6.45, 7) is 12.2. The number of rotatable bonds is 6. The van der Waals surface area contributed by atoms with E-state index in [1.807, 2.05) is 18.2 Å². The number of nitrogens with one attached hydrogen (secondary N) is 1. The first-order chi connectivity index (χ1) is 15.5. The summed E-state index contributed by atoms with van der Waals surface area (Å²) in [7, 11) is 0. The Labute approximate surface area is 206 Å². The molecule has 1 N–H and O–H groups in total. The maximum atomic E-state index is 12.6. The molecule has 1 aliphatic carbocycles. The number of furan rings is 1. The topological polar surface area (TPSA) is 42.2 Å².